The fourth-order valence-electron chi connectivity index (χ4n) is 1.80. The highest BCUT2D eigenvalue weighted by molar-refractivity contribution is 9.10. The summed E-state index contributed by atoms with van der Waals surface area (Å²) in [4.78, 5) is 8.85. The highest BCUT2D eigenvalue weighted by Gasteiger charge is 2.09. The summed E-state index contributed by atoms with van der Waals surface area (Å²) in [6, 6.07) is 5.70. The van der Waals surface area contributed by atoms with Crippen LogP contribution < -0.4 is 10.6 Å². The van der Waals surface area contributed by atoms with Crippen LogP contribution in [-0.4, -0.2) is 16.5 Å². The predicted molar refractivity (Wildman–Crippen MR) is 88.1 cm³/mol. The van der Waals surface area contributed by atoms with Crippen molar-refractivity contribution in [2.45, 2.75) is 20.8 Å². The SMILES string of the molecule is CCNc1nc(C)nc(Nc2ccc(Br)c(Cl)c2)c1C. The van der Waals surface area contributed by atoms with Crippen molar-refractivity contribution in [3.63, 3.8) is 0 Å². The van der Waals surface area contributed by atoms with Gasteiger partial charge < -0.3 is 10.6 Å². The summed E-state index contributed by atoms with van der Waals surface area (Å²) in [5, 5.41) is 7.18. The van der Waals surface area contributed by atoms with Gasteiger partial charge in [-0.05, 0) is 54.9 Å². The van der Waals surface area contributed by atoms with Crippen LogP contribution in [0.3, 0.4) is 0 Å². The molecule has 0 saturated carbocycles. The Balaban J connectivity index is 2.35. The number of nitrogens with one attached hydrogen (secondary N) is 2. The minimum absolute atomic E-state index is 0.658. The van der Waals surface area contributed by atoms with Crippen LogP contribution in [0.2, 0.25) is 5.02 Å². The van der Waals surface area contributed by atoms with Crippen molar-refractivity contribution < 1.29 is 0 Å². The van der Waals surface area contributed by atoms with Crippen LogP contribution in [0, 0.1) is 13.8 Å². The lowest BCUT2D eigenvalue weighted by Gasteiger charge is -2.14. The molecule has 4 nitrogen and oxygen atoms in total. The van der Waals surface area contributed by atoms with E-state index in [2.05, 4.69) is 36.5 Å². The number of aromatic nitrogens is 2. The third kappa shape index (κ3) is 3.41. The van der Waals surface area contributed by atoms with E-state index in [0.717, 1.165) is 39.7 Å². The molecule has 106 valence electrons. The molecule has 6 heteroatoms. The van der Waals surface area contributed by atoms with Crippen molar-refractivity contribution in [1.82, 2.24) is 9.97 Å². The molecule has 20 heavy (non-hydrogen) atoms. The Bertz CT molecular complexity index is 631. The van der Waals surface area contributed by atoms with Gasteiger partial charge in [0.2, 0.25) is 0 Å². The van der Waals surface area contributed by atoms with Gasteiger partial charge in [0.05, 0.1) is 5.02 Å². The average Bonchev–Trinajstić information content (AvgIpc) is 2.39. The van der Waals surface area contributed by atoms with Gasteiger partial charge in [-0.3, -0.25) is 0 Å². The van der Waals surface area contributed by atoms with Crippen molar-refractivity contribution in [3.05, 3.63) is 39.1 Å². The number of hydrogen-bond acceptors (Lipinski definition) is 4. The van der Waals surface area contributed by atoms with E-state index in [1.54, 1.807) is 0 Å². The highest BCUT2D eigenvalue weighted by Crippen LogP contribution is 2.28. The van der Waals surface area contributed by atoms with Gasteiger partial charge in [0, 0.05) is 22.3 Å². The maximum absolute atomic E-state index is 6.10. The fourth-order valence-corrected chi connectivity index (χ4v) is 2.23. The van der Waals surface area contributed by atoms with Gasteiger partial charge in [0.1, 0.15) is 17.5 Å². The summed E-state index contributed by atoms with van der Waals surface area (Å²) in [5.74, 6) is 2.36. The van der Waals surface area contributed by atoms with Crippen LogP contribution >= 0.6 is 27.5 Å². The lowest BCUT2D eigenvalue weighted by molar-refractivity contribution is 1.02. The lowest BCUT2D eigenvalue weighted by atomic mass is 10.2. The molecule has 1 aromatic carbocycles. The minimum Gasteiger partial charge on any atom is -0.370 e. The quantitative estimate of drug-likeness (QED) is 0.835. The van der Waals surface area contributed by atoms with E-state index in [1.165, 1.54) is 0 Å². The first-order valence-corrected chi connectivity index (χ1v) is 7.49. The summed E-state index contributed by atoms with van der Waals surface area (Å²) < 4.78 is 0.869. The van der Waals surface area contributed by atoms with Crippen LogP contribution in [0.15, 0.2) is 22.7 Å². The minimum atomic E-state index is 0.658. The molecule has 0 aliphatic rings. The summed E-state index contributed by atoms with van der Waals surface area (Å²) in [6.07, 6.45) is 0. The summed E-state index contributed by atoms with van der Waals surface area (Å²) in [6.45, 7) is 6.72. The standard InChI is InChI=1S/C14H16BrClN4/c1-4-17-13-8(2)14(19-9(3)18-13)20-10-5-6-11(15)12(16)7-10/h5-7H,4H2,1-3H3,(H2,17,18,19,20). The summed E-state index contributed by atoms with van der Waals surface area (Å²) in [7, 11) is 0. The second-order valence-corrected chi connectivity index (χ2v) is 5.64. The number of halogens is 2. The third-order valence-corrected chi connectivity index (χ3v) is 4.02. The number of rotatable bonds is 4. The Morgan fingerprint density at radius 3 is 2.55 bits per heavy atom. The Morgan fingerprint density at radius 1 is 1.20 bits per heavy atom. The number of benzene rings is 1. The molecule has 0 aliphatic heterocycles. The van der Waals surface area contributed by atoms with Gasteiger partial charge in [-0.1, -0.05) is 11.6 Å². The summed E-state index contributed by atoms with van der Waals surface area (Å²) >= 11 is 9.48. The van der Waals surface area contributed by atoms with Crippen molar-refractivity contribution in [1.29, 1.82) is 0 Å². The van der Waals surface area contributed by atoms with E-state index < -0.39 is 0 Å². The molecule has 0 fully saturated rings. The molecule has 2 rings (SSSR count). The first-order chi connectivity index (χ1) is 9.51. The predicted octanol–water partition coefficient (Wildman–Crippen LogP) is 4.68. The molecule has 2 N–H and O–H groups in total. The van der Waals surface area contributed by atoms with Gasteiger partial charge in [-0.15, -0.1) is 0 Å². The molecule has 0 unspecified atom stereocenters. The first kappa shape index (κ1) is 15.1. The molecule has 0 atom stereocenters. The van der Waals surface area contributed by atoms with E-state index in [4.69, 9.17) is 11.6 Å². The molecule has 0 amide bonds. The van der Waals surface area contributed by atoms with Crippen molar-refractivity contribution in [2.24, 2.45) is 0 Å². The smallest absolute Gasteiger partial charge is 0.139 e. The second-order valence-electron chi connectivity index (χ2n) is 4.38. The van der Waals surface area contributed by atoms with Crippen LogP contribution in [0.4, 0.5) is 17.3 Å². The molecule has 0 spiro atoms. The van der Waals surface area contributed by atoms with Crippen molar-refractivity contribution in [3.8, 4) is 0 Å². The molecule has 1 aromatic heterocycles. The molecular formula is C14H16BrClN4. The number of anilines is 3. The first-order valence-electron chi connectivity index (χ1n) is 6.32. The van der Waals surface area contributed by atoms with Crippen molar-refractivity contribution >= 4 is 44.9 Å². The van der Waals surface area contributed by atoms with Crippen molar-refractivity contribution in [2.75, 3.05) is 17.2 Å². The molecule has 2 aromatic rings. The highest BCUT2D eigenvalue weighted by atomic mass is 79.9. The van der Waals surface area contributed by atoms with E-state index in [1.807, 2.05) is 39.0 Å². The topological polar surface area (TPSA) is 49.8 Å². The van der Waals surface area contributed by atoms with Crippen LogP contribution in [0.25, 0.3) is 0 Å². The van der Waals surface area contributed by atoms with Gasteiger partial charge in [0.15, 0.2) is 0 Å². The largest absolute Gasteiger partial charge is 0.370 e. The second kappa shape index (κ2) is 6.41. The van der Waals surface area contributed by atoms with Crippen LogP contribution in [0.1, 0.15) is 18.3 Å². The maximum atomic E-state index is 6.10. The molecule has 0 bridgehead atoms. The van der Waals surface area contributed by atoms with Gasteiger partial charge in [0.25, 0.3) is 0 Å². The third-order valence-electron chi connectivity index (χ3n) is 2.78. The Hall–Kier alpha value is -1.33. The summed E-state index contributed by atoms with van der Waals surface area (Å²) in [5.41, 5.74) is 1.87. The zero-order valence-electron chi connectivity index (χ0n) is 11.6. The molecule has 0 saturated heterocycles. The molecular weight excluding hydrogens is 340 g/mol. The maximum Gasteiger partial charge on any atom is 0.139 e. The average molecular weight is 356 g/mol. The molecule has 0 radical (unpaired) electrons. The van der Waals surface area contributed by atoms with Gasteiger partial charge in [-0.25, -0.2) is 9.97 Å². The van der Waals surface area contributed by atoms with Crippen LogP contribution in [0.5, 0.6) is 0 Å². The lowest BCUT2D eigenvalue weighted by Crippen LogP contribution is -2.07. The van der Waals surface area contributed by atoms with Gasteiger partial charge >= 0.3 is 0 Å². The monoisotopic (exact) mass is 354 g/mol. The van der Waals surface area contributed by atoms with E-state index >= 15 is 0 Å². The normalized spacial score (nSPS) is 10.4. The number of nitrogens with zero attached hydrogens (tertiary/aromatic N) is 2. The molecule has 1 heterocycles. The van der Waals surface area contributed by atoms with Gasteiger partial charge in [-0.2, -0.15) is 0 Å². The zero-order valence-corrected chi connectivity index (χ0v) is 13.9. The zero-order chi connectivity index (χ0) is 14.7. The van der Waals surface area contributed by atoms with E-state index in [0.29, 0.717) is 5.02 Å². The van der Waals surface area contributed by atoms with E-state index in [9.17, 15) is 0 Å². The molecule has 0 aliphatic carbocycles. The van der Waals surface area contributed by atoms with Crippen LogP contribution in [-0.2, 0) is 0 Å². The number of aryl methyl sites for hydroxylation is 1. The Kier molecular flexibility index (Phi) is 4.83. The fraction of sp³-hybridized carbons (Fsp3) is 0.286. The Labute approximate surface area is 132 Å². The van der Waals surface area contributed by atoms with E-state index in [-0.39, 0.29) is 0 Å². The number of hydrogen-bond donors (Lipinski definition) is 2. The Morgan fingerprint density at radius 2 is 1.90 bits per heavy atom.